The monoisotopic (exact) mass is 363 g/mol. The van der Waals surface area contributed by atoms with Crippen molar-refractivity contribution in [3.63, 3.8) is 0 Å². The third-order valence-electron chi connectivity index (χ3n) is 4.52. The van der Waals surface area contributed by atoms with Crippen molar-refractivity contribution in [3.05, 3.63) is 42.5 Å². The Morgan fingerprint density at radius 2 is 2.20 bits per heavy atom. The minimum Gasteiger partial charge on any atom is -0.493 e. The standard InChI is InChI=1S/C18H25N3O3S/c1-2-9-19-18(20-12-14-8-11-25(22,23)13-14)21-16-7-10-24-17-6-4-3-5-15(16)17/h2-6,14,16H,1,7-13H2,(H2,19,20,21). The molecule has 7 heteroatoms. The fourth-order valence-corrected chi connectivity index (χ4v) is 5.06. The molecule has 25 heavy (non-hydrogen) atoms. The molecule has 2 aliphatic rings. The van der Waals surface area contributed by atoms with E-state index in [2.05, 4.69) is 28.3 Å². The van der Waals surface area contributed by atoms with E-state index in [4.69, 9.17) is 4.74 Å². The van der Waals surface area contributed by atoms with Gasteiger partial charge in [-0.2, -0.15) is 0 Å². The van der Waals surface area contributed by atoms with Gasteiger partial charge in [0.15, 0.2) is 15.8 Å². The van der Waals surface area contributed by atoms with Crippen LogP contribution in [0.1, 0.15) is 24.4 Å². The third-order valence-corrected chi connectivity index (χ3v) is 6.35. The molecule has 0 aliphatic carbocycles. The second kappa shape index (κ2) is 7.91. The van der Waals surface area contributed by atoms with Crippen LogP contribution in [-0.4, -0.2) is 45.6 Å². The predicted molar refractivity (Wildman–Crippen MR) is 99.7 cm³/mol. The lowest BCUT2D eigenvalue weighted by molar-refractivity contribution is 0.261. The third kappa shape index (κ3) is 4.75. The minimum absolute atomic E-state index is 0.106. The van der Waals surface area contributed by atoms with E-state index in [0.717, 1.165) is 17.7 Å². The summed E-state index contributed by atoms with van der Waals surface area (Å²) in [4.78, 5) is 4.62. The van der Waals surface area contributed by atoms with E-state index in [-0.39, 0.29) is 23.5 Å². The molecule has 0 saturated carbocycles. The Labute approximate surface area is 149 Å². The maximum absolute atomic E-state index is 11.6. The van der Waals surface area contributed by atoms with Crippen LogP contribution in [0, 0.1) is 5.92 Å². The van der Waals surface area contributed by atoms with Gasteiger partial charge in [0.2, 0.25) is 0 Å². The molecule has 0 aromatic heterocycles. The van der Waals surface area contributed by atoms with Crippen LogP contribution in [0.5, 0.6) is 5.75 Å². The Morgan fingerprint density at radius 1 is 1.36 bits per heavy atom. The van der Waals surface area contributed by atoms with E-state index in [9.17, 15) is 8.42 Å². The molecule has 2 atom stereocenters. The maximum Gasteiger partial charge on any atom is 0.192 e. The van der Waals surface area contributed by atoms with Crippen LogP contribution in [0.4, 0.5) is 0 Å². The van der Waals surface area contributed by atoms with Gasteiger partial charge in [-0.1, -0.05) is 24.3 Å². The highest BCUT2D eigenvalue weighted by Gasteiger charge is 2.28. The number of guanidine groups is 1. The molecule has 2 heterocycles. The second-order valence-corrected chi connectivity index (χ2v) is 8.73. The van der Waals surface area contributed by atoms with E-state index < -0.39 is 9.84 Å². The molecule has 2 aliphatic heterocycles. The molecule has 1 aromatic rings. The SMILES string of the molecule is C=CCNC(=NCC1CCS(=O)(=O)C1)NC1CCOc2ccccc21. The number of benzene rings is 1. The lowest BCUT2D eigenvalue weighted by atomic mass is 10.0. The zero-order valence-corrected chi connectivity index (χ0v) is 15.1. The Kier molecular flexibility index (Phi) is 5.63. The number of aliphatic imine (C=N–C) groups is 1. The summed E-state index contributed by atoms with van der Waals surface area (Å²) in [7, 11) is -2.87. The van der Waals surface area contributed by atoms with Gasteiger partial charge in [0.25, 0.3) is 0 Å². The van der Waals surface area contributed by atoms with Gasteiger partial charge < -0.3 is 15.4 Å². The number of hydrogen-bond donors (Lipinski definition) is 2. The number of nitrogens with zero attached hydrogens (tertiary/aromatic N) is 1. The molecule has 136 valence electrons. The highest BCUT2D eigenvalue weighted by Crippen LogP contribution is 2.31. The number of rotatable bonds is 5. The smallest absolute Gasteiger partial charge is 0.192 e. The lowest BCUT2D eigenvalue weighted by Gasteiger charge is -2.28. The molecule has 1 saturated heterocycles. The van der Waals surface area contributed by atoms with E-state index >= 15 is 0 Å². The van der Waals surface area contributed by atoms with Gasteiger partial charge in [0.1, 0.15) is 5.75 Å². The van der Waals surface area contributed by atoms with E-state index in [1.54, 1.807) is 6.08 Å². The van der Waals surface area contributed by atoms with Crippen molar-refractivity contribution in [2.45, 2.75) is 18.9 Å². The Balaban J connectivity index is 1.69. The number of nitrogens with one attached hydrogen (secondary N) is 2. The van der Waals surface area contributed by atoms with E-state index in [0.29, 0.717) is 32.1 Å². The van der Waals surface area contributed by atoms with Crippen LogP contribution in [-0.2, 0) is 9.84 Å². The molecule has 0 radical (unpaired) electrons. The zero-order chi connectivity index (χ0) is 17.7. The molecule has 1 fully saturated rings. The van der Waals surface area contributed by atoms with Crippen molar-refractivity contribution in [2.24, 2.45) is 10.9 Å². The molecule has 2 N–H and O–H groups in total. The van der Waals surface area contributed by atoms with Crippen molar-refractivity contribution in [3.8, 4) is 5.75 Å². The predicted octanol–water partition coefficient (Wildman–Crippen LogP) is 1.67. The highest BCUT2D eigenvalue weighted by atomic mass is 32.2. The molecule has 3 rings (SSSR count). The van der Waals surface area contributed by atoms with Gasteiger partial charge in [-0.25, -0.2) is 8.42 Å². The molecular weight excluding hydrogens is 338 g/mol. The van der Waals surface area contributed by atoms with Crippen LogP contribution < -0.4 is 15.4 Å². The first kappa shape index (κ1) is 17.8. The fourth-order valence-electron chi connectivity index (χ4n) is 3.21. The summed E-state index contributed by atoms with van der Waals surface area (Å²) in [6, 6.07) is 8.11. The summed E-state index contributed by atoms with van der Waals surface area (Å²) in [6.45, 7) is 5.49. The van der Waals surface area contributed by atoms with E-state index in [1.165, 1.54) is 0 Å². The van der Waals surface area contributed by atoms with Crippen LogP contribution in [0.15, 0.2) is 41.9 Å². The molecule has 2 unspecified atom stereocenters. The second-order valence-electron chi connectivity index (χ2n) is 6.50. The van der Waals surface area contributed by atoms with Gasteiger partial charge in [0.05, 0.1) is 24.2 Å². The topological polar surface area (TPSA) is 79.8 Å². The Morgan fingerprint density at radius 3 is 2.96 bits per heavy atom. The lowest BCUT2D eigenvalue weighted by Crippen LogP contribution is -2.41. The summed E-state index contributed by atoms with van der Waals surface area (Å²) in [5.41, 5.74) is 1.12. The zero-order valence-electron chi connectivity index (χ0n) is 14.3. The summed E-state index contributed by atoms with van der Waals surface area (Å²) in [5.74, 6) is 2.21. The molecule has 0 bridgehead atoms. The van der Waals surface area contributed by atoms with Crippen molar-refractivity contribution in [1.82, 2.24) is 10.6 Å². The van der Waals surface area contributed by atoms with Gasteiger partial charge in [-0.15, -0.1) is 6.58 Å². The normalized spacial score (nSPS) is 24.9. The van der Waals surface area contributed by atoms with Crippen LogP contribution >= 0.6 is 0 Å². The van der Waals surface area contributed by atoms with Gasteiger partial charge >= 0.3 is 0 Å². The number of fused-ring (bicyclic) bond motifs is 1. The van der Waals surface area contributed by atoms with Crippen LogP contribution in [0.2, 0.25) is 0 Å². The first-order chi connectivity index (χ1) is 12.1. The van der Waals surface area contributed by atoms with Crippen LogP contribution in [0.3, 0.4) is 0 Å². The van der Waals surface area contributed by atoms with Crippen molar-refractivity contribution in [1.29, 1.82) is 0 Å². The maximum atomic E-state index is 11.6. The largest absolute Gasteiger partial charge is 0.493 e. The number of sulfone groups is 1. The average Bonchev–Trinajstić information content (AvgIpc) is 2.96. The van der Waals surface area contributed by atoms with Crippen molar-refractivity contribution in [2.75, 3.05) is 31.2 Å². The fraction of sp³-hybridized carbons (Fsp3) is 0.500. The molecule has 0 spiro atoms. The first-order valence-corrected chi connectivity index (χ1v) is 10.5. The molecule has 6 nitrogen and oxygen atoms in total. The summed E-state index contributed by atoms with van der Waals surface area (Å²) >= 11 is 0. The average molecular weight is 363 g/mol. The van der Waals surface area contributed by atoms with Gasteiger partial charge in [-0.3, -0.25) is 4.99 Å². The summed E-state index contributed by atoms with van der Waals surface area (Å²) < 4.78 is 28.9. The van der Waals surface area contributed by atoms with Gasteiger partial charge in [0, 0.05) is 25.1 Å². The quantitative estimate of drug-likeness (QED) is 0.473. The van der Waals surface area contributed by atoms with Crippen molar-refractivity contribution < 1.29 is 13.2 Å². The molecule has 0 amide bonds. The van der Waals surface area contributed by atoms with Crippen molar-refractivity contribution >= 4 is 15.8 Å². The minimum atomic E-state index is -2.87. The number of para-hydroxylation sites is 1. The highest BCUT2D eigenvalue weighted by molar-refractivity contribution is 7.91. The number of ether oxygens (including phenoxy) is 1. The first-order valence-electron chi connectivity index (χ1n) is 8.65. The Bertz CT molecular complexity index is 746. The Hall–Kier alpha value is -2.02. The molecular formula is C18H25N3O3S. The van der Waals surface area contributed by atoms with E-state index in [1.807, 2.05) is 18.2 Å². The number of hydrogen-bond acceptors (Lipinski definition) is 4. The summed E-state index contributed by atoms with van der Waals surface area (Å²) in [5, 5.41) is 6.68. The summed E-state index contributed by atoms with van der Waals surface area (Å²) in [6.07, 6.45) is 3.32. The van der Waals surface area contributed by atoms with Gasteiger partial charge in [-0.05, 0) is 18.4 Å². The molecule has 1 aromatic carbocycles. The van der Waals surface area contributed by atoms with Crippen LogP contribution in [0.25, 0.3) is 0 Å².